The number of nitrogens with two attached hydrogens (primary N) is 1. The molecule has 0 aliphatic heterocycles. The largest absolute Gasteiger partial charge is 0.515 e. The Morgan fingerprint density at radius 3 is 2.38 bits per heavy atom. The van der Waals surface area contributed by atoms with Crippen LogP contribution in [0.25, 0.3) is 5.76 Å². The Morgan fingerprint density at radius 2 is 1.88 bits per heavy atom. The molecule has 10 nitrogen and oxygen atoms in total. The number of amides is 1. The maximum Gasteiger partial charge on any atom is 0.255 e. The lowest BCUT2D eigenvalue weighted by atomic mass is 9.62. The highest BCUT2D eigenvalue weighted by molar-refractivity contribution is 6.19. The van der Waals surface area contributed by atoms with Crippen molar-refractivity contribution in [2.24, 2.45) is 17.6 Å². The van der Waals surface area contributed by atoms with Crippen LogP contribution in [0.5, 0.6) is 5.75 Å². The fourth-order valence-corrected chi connectivity index (χ4v) is 4.92. The topological polar surface area (TPSA) is 178 Å². The third-order valence-corrected chi connectivity index (χ3v) is 6.79. The predicted octanol–water partition coefficient (Wildman–Crippen LogP) is 1.33. The fraction of sp³-hybridized carbons (Fsp3) is 0.417. The highest BCUT2D eigenvalue weighted by Crippen LogP contribution is 2.50. The van der Waals surface area contributed by atoms with Gasteiger partial charge in [0.1, 0.15) is 22.7 Å². The van der Waals surface area contributed by atoms with E-state index in [9.17, 15) is 39.6 Å². The molecule has 34 heavy (non-hydrogen) atoms. The maximum atomic E-state index is 13.3. The number of fused-ring (bicyclic) bond motifs is 2. The molecule has 1 fully saturated rings. The van der Waals surface area contributed by atoms with E-state index in [1.165, 1.54) is 19.9 Å². The van der Waals surface area contributed by atoms with Crippen LogP contribution in [-0.2, 0) is 20.8 Å². The second-order valence-corrected chi connectivity index (χ2v) is 9.20. The molecule has 0 radical (unpaired) electrons. The van der Waals surface area contributed by atoms with Crippen molar-refractivity contribution >= 4 is 34.7 Å². The summed E-state index contributed by atoms with van der Waals surface area (Å²) >= 11 is 0. The molecule has 6 N–H and O–H groups in total. The smallest absolute Gasteiger partial charge is 0.255 e. The van der Waals surface area contributed by atoms with Crippen LogP contribution in [0.15, 0.2) is 23.5 Å². The number of nitrogens with zero attached hydrogens (tertiary/aromatic N) is 1. The number of Topliss-reactive ketones (excluding diaryl/α,β-unsaturated/α-hetero) is 3. The van der Waals surface area contributed by atoms with Crippen LogP contribution in [0.4, 0.5) is 5.69 Å². The molecule has 2 aliphatic carbocycles. The van der Waals surface area contributed by atoms with Gasteiger partial charge in [0.25, 0.3) is 5.91 Å². The van der Waals surface area contributed by atoms with Gasteiger partial charge in [-0.3, -0.25) is 19.2 Å². The Labute approximate surface area is 196 Å². The summed E-state index contributed by atoms with van der Waals surface area (Å²) < 4.78 is 0. The van der Waals surface area contributed by atoms with E-state index in [2.05, 4.69) is 0 Å². The van der Waals surface area contributed by atoms with E-state index in [1.54, 1.807) is 19.0 Å². The molecule has 182 valence electrons. The van der Waals surface area contributed by atoms with Crippen LogP contribution in [0.1, 0.15) is 48.2 Å². The minimum atomic E-state index is -2.08. The van der Waals surface area contributed by atoms with Gasteiger partial charge in [-0.25, -0.2) is 0 Å². The molecule has 3 rings (SSSR count). The van der Waals surface area contributed by atoms with Crippen LogP contribution < -0.4 is 10.6 Å². The lowest BCUT2D eigenvalue weighted by Crippen LogP contribution is -2.52. The van der Waals surface area contributed by atoms with Crippen molar-refractivity contribution in [3.8, 4) is 5.75 Å². The number of aliphatic hydroxyl groups excluding tert-OH is 2. The number of phenols is 1. The second kappa shape index (κ2) is 8.60. The summed E-state index contributed by atoms with van der Waals surface area (Å²) in [5.41, 5.74) is 3.35. The van der Waals surface area contributed by atoms with Gasteiger partial charge in [0.15, 0.2) is 17.3 Å². The van der Waals surface area contributed by atoms with E-state index in [0.29, 0.717) is 17.5 Å². The molecule has 0 spiro atoms. The van der Waals surface area contributed by atoms with E-state index in [0.717, 1.165) is 0 Å². The molecule has 3 atom stereocenters. The summed E-state index contributed by atoms with van der Waals surface area (Å²) in [6, 6.07) is 1.52. The van der Waals surface area contributed by atoms with Crippen molar-refractivity contribution in [1.82, 2.24) is 0 Å². The summed E-state index contributed by atoms with van der Waals surface area (Å²) in [7, 11) is 3.47. The Morgan fingerprint density at radius 1 is 1.26 bits per heavy atom. The zero-order valence-corrected chi connectivity index (χ0v) is 19.4. The maximum absolute atomic E-state index is 13.3. The van der Waals surface area contributed by atoms with E-state index < -0.39 is 64.2 Å². The number of primary amides is 1. The van der Waals surface area contributed by atoms with Gasteiger partial charge in [0.05, 0.1) is 17.4 Å². The number of phenolic OH excluding ortho intramolecular Hbond substituents is 1. The molecule has 0 aromatic heterocycles. The van der Waals surface area contributed by atoms with Crippen LogP contribution in [0, 0.1) is 11.8 Å². The molecule has 0 saturated heterocycles. The monoisotopic (exact) mass is 472 g/mol. The number of rotatable bonds is 6. The molecule has 1 saturated carbocycles. The molecular weight excluding hydrogens is 444 g/mol. The molecule has 0 heterocycles. The highest BCUT2D eigenvalue weighted by atomic mass is 16.3. The van der Waals surface area contributed by atoms with Gasteiger partial charge < -0.3 is 31.1 Å². The van der Waals surface area contributed by atoms with Crippen LogP contribution in [0.3, 0.4) is 0 Å². The number of carbonyl (C=O) groups is 4. The molecule has 1 amide bonds. The van der Waals surface area contributed by atoms with E-state index in [-0.39, 0.29) is 29.5 Å². The molecule has 2 aliphatic rings. The third-order valence-electron chi connectivity index (χ3n) is 6.79. The zero-order valence-electron chi connectivity index (χ0n) is 19.4. The fourth-order valence-electron chi connectivity index (χ4n) is 4.92. The predicted molar refractivity (Wildman–Crippen MR) is 122 cm³/mol. The van der Waals surface area contributed by atoms with Gasteiger partial charge in [-0.05, 0) is 44.2 Å². The normalized spacial score (nSPS) is 24.4. The zero-order chi connectivity index (χ0) is 25.7. The minimum Gasteiger partial charge on any atom is -0.515 e. The highest BCUT2D eigenvalue weighted by Gasteiger charge is 2.52. The number of carbonyl (C=O) groups excluding carboxylic acids is 4. The van der Waals surface area contributed by atoms with Gasteiger partial charge in [-0.15, -0.1) is 0 Å². The van der Waals surface area contributed by atoms with Gasteiger partial charge in [-0.2, -0.15) is 0 Å². The van der Waals surface area contributed by atoms with Crippen molar-refractivity contribution in [2.75, 3.05) is 19.0 Å². The third kappa shape index (κ3) is 3.83. The second-order valence-electron chi connectivity index (χ2n) is 9.20. The summed E-state index contributed by atoms with van der Waals surface area (Å²) in [6.45, 7) is 2.49. The Bertz CT molecular complexity index is 1180. The average molecular weight is 472 g/mol. The Balaban J connectivity index is 2.14. The molecule has 0 bridgehead atoms. The van der Waals surface area contributed by atoms with E-state index in [4.69, 9.17) is 5.73 Å². The number of anilines is 1. The molecule has 1 aromatic rings. The first-order valence-electron chi connectivity index (χ1n) is 10.7. The lowest BCUT2D eigenvalue weighted by molar-refractivity contribution is -0.143. The summed E-state index contributed by atoms with van der Waals surface area (Å²) in [4.78, 5) is 51.0. The molecule has 1 aromatic carbocycles. The number of benzene rings is 1. The van der Waals surface area contributed by atoms with Gasteiger partial charge in [0, 0.05) is 37.7 Å². The van der Waals surface area contributed by atoms with Crippen molar-refractivity contribution in [1.29, 1.82) is 0 Å². The number of hydrogen-bond acceptors (Lipinski definition) is 9. The van der Waals surface area contributed by atoms with Crippen molar-refractivity contribution in [3.05, 3.63) is 40.2 Å². The van der Waals surface area contributed by atoms with Crippen LogP contribution in [-0.4, -0.2) is 63.4 Å². The lowest BCUT2D eigenvalue weighted by Gasteiger charge is -2.43. The first-order valence-corrected chi connectivity index (χ1v) is 10.7. The van der Waals surface area contributed by atoms with Gasteiger partial charge >= 0.3 is 0 Å². The van der Waals surface area contributed by atoms with Crippen LogP contribution >= 0.6 is 0 Å². The van der Waals surface area contributed by atoms with Crippen molar-refractivity contribution in [2.45, 2.75) is 38.7 Å². The number of ketones is 3. The average Bonchev–Trinajstić information content (AvgIpc) is 2.71. The summed E-state index contributed by atoms with van der Waals surface area (Å²) in [5.74, 6) is -5.70. The molecule has 0 unspecified atom stereocenters. The van der Waals surface area contributed by atoms with Crippen LogP contribution in [0.2, 0.25) is 0 Å². The summed E-state index contributed by atoms with van der Waals surface area (Å²) in [6.07, 6.45) is 0.166. The molecule has 10 heteroatoms. The number of hydrogen-bond donors (Lipinski definition) is 5. The quantitative estimate of drug-likeness (QED) is 0.134. The van der Waals surface area contributed by atoms with E-state index in [1.807, 2.05) is 0 Å². The first-order chi connectivity index (χ1) is 15.7. The Hall–Kier alpha value is -3.66. The first kappa shape index (κ1) is 25.0. The van der Waals surface area contributed by atoms with E-state index >= 15 is 0 Å². The standard InChI is InChI=1S/C24H28N2O8/c1-10(28)13-8-16(26(3)4)14-6-11-5-12(7-17(29)15(9-27)23(25)33)24(2,34)22(32)18(11)21(31)19(14)20(13)30/h8-9,11-12,27,30-31,34H,5-7H2,1-4H3,(H2,25,33)/t11-,12+,24+/m1/s1. The Kier molecular flexibility index (Phi) is 6.32. The van der Waals surface area contributed by atoms with Crippen molar-refractivity contribution < 1.29 is 39.6 Å². The minimum absolute atomic E-state index is 0.0127. The number of aliphatic hydroxyl groups is 3. The van der Waals surface area contributed by atoms with Gasteiger partial charge in [0.2, 0.25) is 0 Å². The van der Waals surface area contributed by atoms with Gasteiger partial charge in [-0.1, -0.05) is 0 Å². The summed E-state index contributed by atoms with van der Waals surface area (Å²) in [5, 5.41) is 42.1. The SMILES string of the molecule is CC(=O)c1cc(N(C)C)c2c(c1O)C(O)=C1C(=O)[C@@](C)(O)[C@H](CC(=O)C(=CO)C(N)=O)C[C@@H]1C2. The number of aromatic hydroxyl groups is 1. The molecular formula is C24H28N2O8. The van der Waals surface area contributed by atoms with Crippen molar-refractivity contribution in [3.63, 3.8) is 0 Å².